The number of aromatic nitrogens is 1. The van der Waals surface area contributed by atoms with Crippen molar-refractivity contribution < 1.29 is 4.74 Å². The summed E-state index contributed by atoms with van der Waals surface area (Å²) in [5.74, 6) is 0.883. The van der Waals surface area contributed by atoms with Crippen molar-refractivity contribution in [3.05, 3.63) is 57.2 Å². The van der Waals surface area contributed by atoms with Gasteiger partial charge in [0.2, 0.25) is 0 Å². The fourth-order valence-electron chi connectivity index (χ4n) is 4.13. The summed E-state index contributed by atoms with van der Waals surface area (Å²) in [5, 5.41) is 5.24. The summed E-state index contributed by atoms with van der Waals surface area (Å²) < 4.78 is 7.29. The molecule has 2 heterocycles. The Morgan fingerprint density at radius 2 is 1.93 bits per heavy atom. The first-order valence-electron chi connectivity index (χ1n) is 10.2. The Hall–Kier alpha value is -1.62. The average Bonchev–Trinajstić information content (AvgIpc) is 2.69. The minimum absolute atomic E-state index is 0.544. The molecule has 5 heteroatoms. The van der Waals surface area contributed by atoms with Gasteiger partial charge in [-0.3, -0.25) is 4.98 Å². The smallest absolute Gasteiger partial charge is 0.138 e. The number of fused-ring (bicyclic) bond motifs is 1. The van der Waals surface area contributed by atoms with Crippen LogP contribution in [0.1, 0.15) is 36.8 Å². The zero-order valence-corrected chi connectivity index (χ0v) is 19.2. The van der Waals surface area contributed by atoms with Crippen LogP contribution in [0.2, 0.25) is 5.02 Å². The first-order valence-corrected chi connectivity index (χ1v) is 11.4. The van der Waals surface area contributed by atoms with E-state index in [0.717, 1.165) is 45.2 Å². The molecule has 2 aromatic carbocycles. The second kappa shape index (κ2) is 9.03. The number of aryl methyl sites for hydroxylation is 2. The van der Waals surface area contributed by atoms with E-state index in [1.807, 2.05) is 18.3 Å². The van der Waals surface area contributed by atoms with Crippen LogP contribution in [-0.4, -0.2) is 24.2 Å². The van der Waals surface area contributed by atoms with Crippen LogP contribution in [0.3, 0.4) is 0 Å². The Bertz CT molecular complexity index is 1010. The van der Waals surface area contributed by atoms with Crippen LogP contribution in [-0.2, 0) is 0 Å². The lowest BCUT2D eigenvalue weighted by atomic mass is 9.99. The average molecular weight is 474 g/mol. The highest BCUT2D eigenvalue weighted by atomic mass is 79.9. The molecule has 1 saturated heterocycles. The summed E-state index contributed by atoms with van der Waals surface area (Å²) in [5.41, 5.74) is 5.46. The highest BCUT2D eigenvalue weighted by Crippen LogP contribution is 2.39. The Labute approximate surface area is 186 Å². The number of piperidine rings is 1. The van der Waals surface area contributed by atoms with Crippen LogP contribution < -0.4 is 10.1 Å². The lowest BCUT2D eigenvalue weighted by Gasteiger charge is -2.24. The minimum atomic E-state index is 0.544. The molecule has 0 saturated carbocycles. The van der Waals surface area contributed by atoms with Crippen molar-refractivity contribution in [2.75, 3.05) is 13.2 Å². The van der Waals surface area contributed by atoms with E-state index in [4.69, 9.17) is 16.3 Å². The minimum Gasteiger partial charge on any atom is -0.492 e. The monoisotopic (exact) mass is 472 g/mol. The topological polar surface area (TPSA) is 34.1 Å². The van der Waals surface area contributed by atoms with Gasteiger partial charge in [-0.15, -0.1) is 0 Å². The van der Waals surface area contributed by atoms with Gasteiger partial charge in [-0.1, -0.05) is 47.3 Å². The summed E-state index contributed by atoms with van der Waals surface area (Å²) in [7, 11) is 0. The largest absolute Gasteiger partial charge is 0.492 e. The molecule has 152 valence electrons. The molecule has 1 aliphatic heterocycles. The number of rotatable bonds is 5. The van der Waals surface area contributed by atoms with Crippen molar-refractivity contribution in [3.8, 4) is 16.9 Å². The fraction of sp³-hybridized carbons (Fsp3) is 0.375. The normalized spacial score (nSPS) is 16.9. The molecule has 0 amide bonds. The van der Waals surface area contributed by atoms with Gasteiger partial charge in [0, 0.05) is 27.7 Å². The molecule has 1 atom stereocenters. The zero-order chi connectivity index (χ0) is 20.4. The Morgan fingerprint density at radius 3 is 2.66 bits per heavy atom. The van der Waals surface area contributed by atoms with E-state index in [1.54, 1.807) is 0 Å². The van der Waals surface area contributed by atoms with Gasteiger partial charge in [-0.2, -0.15) is 0 Å². The molecule has 4 rings (SSSR count). The number of benzene rings is 2. The maximum Gasteiger partial charge on any atom is 0.138 e. The van der Waals surface area contributed by atoms with E-state index in [0.29, 0.717) is 17.7 Å². The van der Waals surface area contributed by atoms with Crippen LogP contribution in [0.5, 0.6) is 5.75 Å². The van der Waals surface area contributed by atoms with Crippen molar-refractivity contribution in [2.24, 2.45) is 0 Å². The van der Waals surface area contributed by atoms with E-state index in [9.17, 15) is 0 Å². The SMILES string of the molecule is Cc1cc(C)cc(-c2cnc3cc(Cl)c(Br)cc3c2OCCC2CCCCN2)c1. The van der Waals surface area contributed by atoms with E-state index in [1.165, 1.54) is 30.4 Å². The van der Waals surface area contributed by atoms with Crippen molar-refractivity contribution >= 4 is 38.4 Å². The molecule has 0 bridgehead atoms. The molecular formula is C24H26BrClN2O. The molecule has 1 N–H and O–H groups in total. The molecule has 0 radical (unpaired) electrons. The summed E-state index contributed by atoms with van der Waals surface area (Å²) in [6.07, 6.45) is 6.72. The Morgan fingerprint density at radius 1 is 1.14 bits per heavy atom. The van der Waals surface area contributed by atoms with E-state index in [2.05, 4.69) is 58.3 Å². The van der Waals surface area contributed by atoms with Crippen LogP contribution in [0, 0.1) is 13.8 Å². The Kier molecular flexibility index (Phi) is 6.43. The van der Waals surface area contributed by atoms with Gasteiger partial charge in [0.25, 0.3) is 0 Å². The molecule has 0 aliphatic carbocycles. The standard InChI is InChI=1S/C24H26BrClN2O/c1-15-9-16(2)11-17(10-15)20-14-28-23-13-22(26)21(25)12-19(23)24(20)29-8-6-18-5-3-4-7-27-18/h9-14,18,27H,3-8H2,1-2H3. The van der Waals surface area contributed by atoms with Gasteiger partial charge >= 0.3 is 0 Å². The molecule has 3 aromatic rings. The van der Waals surface area contributed by atoms with Gasteiger partial charge in [0.15, 0.2) is 0 Å². The highest BCUT2D eigenvalue weighted by molar-refractivity contribution is 9.10. The van der Waals surface area contributed by atoms with E-state index >= 15 is 0 Å². The third-order valence-electron chi connectivity index (χ3n) is 5.52. The lowest BCUT2D eigenvalue weighted by molar-refractivity contribution is 0.271. The van der Waals surface area contributed by atoms with Crippen molar-refractivity contribution in [3.63, 3.8) is 0 Å². The van der Waals surface area contributed by atoms with Gasteiger partial charge in [-0.25, -0.2) is 0 Å². The number of nitrogens with zero attached hydrogens (tertiary/aromatic N) is 1. The number of pyridine rings is 1. The third-order valence-corrected chi connectivity index (χ3v) is 6.72. The number of nitrogens with one attached hydrogen (secondary N) is 1. The molecule has 1 aliphatic rings. The van der Waals surface area contributed by atoms with Crippen molar-refractivity contribution in [2.45, 2.75) is 45.6 Å². The van der Waals surface area contributed by atoms with Crippen LogP contribution >= 0.6 is 27.5 Å². The number of hydrogen-bond acceptors (Lipinski definition) is 3. The molecular weight excluding hydrogens is 448 g/mol. The summed E-state index contributed by atoms with van der Waals surface area (Å²) >= 11 is 9.87. The maximum atomic E-state index is 6.44. The number of halogens is 2. The molecule has 1 fully saturated rings. The molecule has 0 spiro atoms. The van der Waals surface area contributed by atoms with Crippen LogP contribution in [0.4, 0.5) is 0 Å². The maximum absolute atomic E-state index is 6.44. The molecule has 3 nitrogen and oxygen atoms in total. The summed E-state index contributed by atoms with van der Waals surface area (Å²) in [6, 6.07) is 11.0. The van der Waals surface area contributed by atoms with Crippen molar-refractivity contribution in [1.29, 1.82) is 0 Å². The lowest BCUT2D eigenvalue weighted by Crippen LogP contribution is -2.35. The summed E-state index contributed by atoms with van der Waals surface area (Å²) in [4.78, 5) is 4.68. The van der Waals surface area contributed by atoms with Gasteiger partial charge in [0.1, 0.15) is 5.75 Å². The zero-order valence-electron chi connectivity index (χ0n) is 16.9. The first-order chi connectivity index (χ1) is 14.0. The summed E-state index contributed by atoms with van der Waals surface area (Å²) in [6.45, 7) is 6.03. The van der Waals surface area contributed by atoms with E-state index < -0.39 is 0 Å². The molecule has 1 unspecified atom stereocenters. The molecule has 29 heavy (non-hydrogen) atoms. The Balaban J connectivity index is 1.73. The van der Waals surface area contributed by atoms with Gasteiger partial charge in [-0.05, 0) is 73.3 Å². The van der Waals surface area contributed by atoms with Gasteiger partial charge in [0.05, 0.1) is 17.1 Å². The highest BCUT2D eigenvalue weighted by Gasteiger charge is 2.17. The predicted molar refractivity (Wildman–Crippen MR) is 125 cm³/mol. The number of hydrogen-bond donors (Lipinski definition) is 1. The second-order valence-corrected chi connectivity index (χ2v) is 9.21. The van der Waals surface area contributed by atoms with Crippen LogP contribution in [0.25, 0.3) is 22.0 Å². The third kappa shape index (κ3) is 4.76. The predicted octanol–water partition coefficient (Wildman–Crippen LogP) is 6.85. The quantitative estimate of drug-likeness (QED) is 0.440. The fourth-order valence-corrected chi connectivity index (χ4v) is 4.63. The van der Waals surface area contributed by atoms with Crippen LogP contribution in [0.15, 0.2) is 41.0 Å². The number of ether oxygens (including phenoxy) is 1. The van der Waals surface area contributed by atoms with Crippen molar-refractivity contribution in [1.82, 2.24) is 10.3 Å². The molecule has 1 aromatic heterocycles. The second-order valence-electron chi connectivity index (χ2n) is 7.94. The van der Waals surface area contributed by atoms with Gasteiger partial charge < -0.3 is 10.1 Å². The first kappa shape index (κ1) is 20.6. The van der Waals surface area contributed by atoms with E-state index in [-0.39, 0.29) is 0 Å².